The molecule has 5 heteroatoms. The lowest BCUT2D eigenvalue weighted by Gasteiger charge is -2.49. The van der Waals surface area contributed by atoms with Gasteiger partial charge in [-0.25, -0.2) is 5.01 Å². The van der Waals surface area contributed by atoms with E-state index in [1.54, 1.807) is 0 Å². The van der Waals surface area contributed by atoms with Crippen molar-refractivity contribution in [2.45, 2.75) is 31.2 Å². The number of hydrazone groups is 1. The fourth-order valence-electron chi connectivity index (χ4n) is 4.05. The van der Waals surface area contributed by atoms with Crippen LogP contribution in [0.1, 0.15) is 35.3 Å². The minimum Gasteiger partial charge on any atom is -0.483 e. The molecule has 2 aliphatic rings. The number of anilines is 1. The smallest absolute Gasteiger partial charge is 0.216 e. The van der Waals surface area contributed by atoms with Gasteiger partial charge in [0.05, 0.1) is 11.3 Å². The zero-order valence-electron chi connectivity index (χ0n) is 17.1. The summed E-state index contributed by atoms with van der Waals surface area (Å²) in [6.45, 7) is 5.99. The average Bonchev–Trinajstić information content (AvgIpc) is 3.16. The number of Topliss-reactive ketones (excluding diaryl/α,β-unsaturated/α-hetero) is 1. The predicted octanol–water partition coefficient (Wildman–Crippen LogP) is 5.66. The highest BCUT2D eigenvalue weighted by atomic mass is 32.2. The number of fused-ring (bicyclic) bond motifs is 1. The molecule has 0 bridgehead atoms. The molecule has 30 heavy (non-hydrogen) atoms. The highest BCUT2D eigenvalue weighted by molar-refractivity contribution is 8.16. The maximum absolute atomic E-state index is 14.1. The van der Waals surface area contributed by atoms with Gasteiger partial charge < -0.3 is 4.74 Å². The zero-order valence-corrected chi connectivity index (χ0v) is 17.9. The molecule has 0 aromatic heterocycles. The van der Waals surface area contributed by atoms with Gasteiger partial charge in [0.15, 0.2) is 0 Å². The monoisotopic (exact) mass is 414 g/mol. The summed E-state index contributed by atoms with van der Waals surface area (Å²) < 4.78 is 6.43. The molecule has 150 valence electrons. The maximum atomic E-state index is 14.1. The third-order valence-corrected chi connectivity index (χ3v) is 7.31. The molecule has 1 spiro atoms. The van der Waals surface area contributed by atoms with Crippen LogP contribution in [-0.4, -0.2) is 21.3 Å². The minimum absolute atomic E-state index is 0.00889. The highest BCUT2D eigenvalue weighted by Gasteiger charge is 2.65. The molecule has 4 nitrogen and oxygen atoms in total. The molecule has 0 saturated carbocycles. The number of rotatable bonds is 2. The van der Waals surface area contributed by atoms with E-state index in [0.29, 0.717) is 11.3 Å². The van der Waals surface area contributed by atoms with Crippen LogP contribution in [0, 0.1) is 6.92 Å². The van der Waals surface area contributed by atoms with Gasteiger partial charge in [0.2, 0.25) is 10.7 Å². The Morgan fingerprint density at radius 3 is 2.30 bits per heavy atom. The van der Waals surface area contributed by atoms with E-state index < -0.39 is 10.5 Å². The molecular formula is C25H22N2O2S. The summed E-state index contributed by atoms with van der Waals surface area (Å²) in [6.07, 6.45) is 0. The Morgan fingerprint density at radius 2 is 1.57 bits per heavy atom. The summed E-state index contributed by atoms with van der Waals surface area (Å²) in [7, 11) is 0. The van der Waals surface area contributed by atoms with Crippen LogP contribution >= 0.6 is 11.8 Å². The number of hydrogen-bond donors (Lipinski definition) is 0. The van der Waals surface area contributed by atoms with Crippen LogP contribution in [0.2, 0.25) is 0 Å². The second-order valence-corrected chi connectivity index (χ2v) is 9.28. The number of thioether (sulfide) groups is 1. The minimum atomic E-state index is -1.05. The molecule has 0 radical (unpaired) electrons. The van der Waals surface area contributed by atoms with Crippen LogP contribution in [0.25, 0.3) is 0 Å². The Hall–Kier alpha value is -3.05. The molecule has 0 N–H and O–H groups in total. The van der Waals surface area contributed by atoms with Gasteiger partial charge in [-0.1, -0.05) is 71.9 Å². The van der Waals surface area contributed by atoms with Crippen molar-refractivity contribution in [3.05, 3.63) is 95.6 Å². The van der Waals surface area contributed by atoms with Crippen molar-refractivity contribution in [1.82, 2.24) is 0 Å². The Kier molecular flexibility index (Phi) is 4.26. The maximum Gasteiger partial charge on any atom is 0.216 e. The molecular weight excluding hydrogens is 392 g/mol. The Balaban J connectivity index is 1.72. The lowest BCUT2D eigenvalue weighted by molar-refractivity contribution is 0.0392. The first-order valence-electron chi connectivity index (χ1n) is 9.95. The summed E-state index contributed by atoms with van der Waals surface area (Å²) in [5, 5.41) is 7.63. The second kappa shape index (κ2) is 6.74. The number of aryl methyl sites for hydroxylation is 1. The molecule has 0 fully saturated rings. The normalized spacial score (nSPS) is 21.9. The van der Waals surface area contributed by atoms with Gasteiger partial charge >= 0.3 is 0 Å². The Morgan fingerprint density at radius 1 is 0.900 bits per heavy atom. The van der Waals surface area contributed by atoms with Crippen molar-refractivity contribution in [1.29, 1.82) is 0 Å². The van der Waals surface area contributed by atoms with Crippen molar-refractivity contribution in [2.75, 3.05) is 5.01 Å². The van der Waals surface area contributed by atoms with E-state index in [2.05, 4.69) is 0 Å². The molecule has 3 aromatic carbocycles. The summed E-state index contributed by atoms with van der Waals surface area (Å²) >= 11 is 1.47. The highest BCUT2D eigenvalue weighted by Crippen LogP contribution is 2.54. The number of ether oxygens (including phenoxy) is 1. The quantitative estimate of drug-likeness (QED) is 0.543. The second-order valence-electron chi connectivity index (χ2n) is 8.10. The lowest BCUT2D eigenvalue weighted by atomic mass is 9.85. The number of para-hydroxylation sites is 1. The van der Waals surface area contributed by atoms with Gasteiger partial charge in [-0.05, 0) is 45.0 Å². The van der Waals surface area contributed by atoms with Crippen LogP contribution in [0.15, 0.2) is 84.0 Å². The van der Waals surface area contributed by atoms with E-state index in [1.807, 2.05) is 105 Å². The first kappa shape index (κ1) is 18.9. The third-order valence-electron chi connectivity index (χ3n) is 5.65. The first-order chi connectivity index (χ1) is 14.4. The SMILES string of the molecule is Cc1ccc(N2N=C(c3ccccc3)SC23C(=O)c2ccccc2OC3(C)C)cc1. The van der Waals surface area contributed by atoms with E-state index in [1.165, 1.54) is 11.8 Å². The summed E-state index contributed by atoms with van der Waals surface area (Å²) in [4.78, 5) is 13.0. The van der Waals surface area contributed by atoms with E-state index in [9.17, 15) is 4.79 Å². The number of carbonyl (C=O) groups excluding carboxylic acids is 1. The van der Waals surface area contributed by atoms with Crippen LogP contribution in [-0.2, 0) is 0 Å². The lowest BCUT2D eigenvalue weighted by Crippen LogP contribution is -2.66. The molecule has 0 aliphatic carbocycles. The number of ketones is 1. The van der Waals surface area contributed by atoms with Gasteiger partial charge in [0, 0.05) is 5.56 Å². The number of carbonyl (C=O) groups is 1. The number of nitrogens with zero attached hydrogens (tertiary/aromatic N) is 2. The molecule has 5 rings (SSSR count). The summed E-state index contributed by atoms with van der Waals surface area (Å²) in [5.74, 6) is 0.630. The van der Waals surface area contributed by atoms with Crippen LogP contribution < -0.4 is 9.75 Å². The van der Waals surface area contributed by atoms with Crippen molar-refractivity contribution in [3.63, 3.8) is 0 Å². The molecule has 0 saturated heterocycles. The molecule has 1 unspecified atom stereocenters. The number of benzene rings is 3. The summed E-state index contributed by atoms with van der Waals surface area (Å²) in [5.41, 5.74) is 2.77. The van der Waals surface area contributed by atoms with Crippen LogP contribution in [0.5, 0.6) is 5.75 Å². The summed E-state index contributed by atoms with van der Waals surface area (Å²) in [6, 6.07) is 25.6. The van der Waals surface area contributed by atoms with Crippen molar-refractivity contribution < 1.29 is 9.53 Å². The van der Waals surface area contributed by atoms with E-state index in [-0.39, 0.29) is 5.78 Å². The Labute approximate surface area is 180 Å². The van der Waals surface area contributed by atoms with Gasteiger partial charge in [-0.2, -0.15) is 5.10 Å². The van der Waals surface area contributed by atoms with Gasteiger partial charge in [0.1, 0.15) is 16.4 Å². The topological polar surface area (TPSA) is 41.9 Å². The van der Waals surface area contributed by atoms with Crippen LogP contribution in [0.4, 0.5) is 5.69 Å². The third kappa shape index (κ3) is 2.69. The first-order valence-corrected chi connectivity index (χ1v) is 10.8. The largest absolute Gasteiger partial charge is 0.483 e. The van der Waals surface area contributed by atoms with Crippen molar-refractivity contribution >= 4 is 28.3 Å². The molecule has 3 aromatic rings. The van der Waals surface area contributed by atoms with Gasteiger partial charge in [-0.3, -0.25) is 4.79 Å². The molecule has 2 heterocycles. The molecule has 0 amide bonds. The van der Waals surface area contributed by atoms with Gasteiger partial charge in [0.25, 0.3) is 0 Å². The fourth-order valence-corrected chi connectivity index (χ4v) is 5.43. The standard InChI is InChI=1S/C25H22N2O2S/c1-17-13-15-19(16-14-17)27-25(30-23(26-27)18-9-5-4-6-10-18)22(28)20-11-7-8-12-21(20)29-24(25,2)3/h4-16H,1-3H3. The predicted molar refractivity (Wildman–Crippen MR) is 122 cm³/mol. The van der Waals surface area contributed by atoms with Gasteiger partial charge in [-0.15, -0.1) is 0 Å². The zero-order chi connectivity index (χ0) is 20.9. The number of hydrogen-bond acceptors (Lipinski definition) is 5. The van der Waals surface area contributed by atoms with Crippen molar-refractivity contribution in [2.24, 2.45) is 5.10 Å². The Bertz CT molecular complexity index is 1160. The van der Waals surface area contributed by atoms with E-state index >= 15 is 0 Å². The average molecular weight is 415 g/mol. The van der Waals surface area contributed by atoms with Crippen LogP contribution in [0.3, 0.4) is 0 Å². The fraction of sp³-hybridized carbons (Fsp3) is 0.200. The molecule has 1 atom stereocenters. The molecule has 2 aliphatic heterocycles. The van der Waals surface area contributed by atoms with E-state index in [4.69, 9.17) is 9.84 Å². The van der Waals surface area contributed by atoms with E-state index in [0.717, 1.165) is 21.9 Å². The van der Waals surface area contributed by atoms with Crippen molar-refractivity contribution in [3.8, 4) is 5.75 Å².